The summed E-state index contributed by atoms with van der Waals surface area (Å²) in [6.07, 6.45) is 0.947. The van der Waals surface area contributed by atoms with E-state index in [1.165, 1.54) is 6.07 Å². The number of para-hydroxylation sites is 1. The summed E-state index contributed by atoms with van der Waals surface area (Å²) >= 11 is 0. The largest absolute Gasteiger partial charge is 0.490 e. The number of hydrogen-bond donors (Lipinski definition) is 1. The van der Waals surface area contributed by atoms with Crippen molar-refractivity contribution in [2.45, 2.75) is 13.0 Å². The van der Waals surface area contributed by atoms with Gasteiger partial charge in [-0.3, -0.25) is 0 Å². The van der Waals surface area contributed by atoms with Crippen LogP contribution in [0, 0.1) is 11.7 Å². The average molecular weight is 226 g/mol. The third-order valence-electron chi connectivity index (χ3n) is 2.71. The quantitative estimate of drug-likeness (QED) is 0.849. The molecule has 0 saturated carbocycles. The van der Waals surface area contributed by atoms with Crippen LogP contribution in [0.15, 0.2) is 18.2 Å². The van der Waals surface area contributed by atoms with Crippen molar-refractivity contribution in [2.24, 2.45) is 5.92 Å². The fourth-order valence-electron chi connectivity index (χ4n) is 1.76. The van der Waals surface area contributed by atoms with Gasteiger partial charge in [0, 0.05) is 18.1 Å². The normalized spacial score (nSPS) is 20.0. The highest BCUT2D eigenvalue weighted by Crippen LogP contribution is 2.24. The number of aliphatic hydroxyl groups is 1. The smallest absolute Gasteiger partial charge is 0.165 e. The molecule has 0 aliphatic carbocycles. The van der Waals surface area contributed by atoms with Gasteiger partial charge in [0.2, 0.25) is 0 Å². The van der Waals surface area contributed by atoms with Crippen LogP contribution in [0.3, 0.4) is 0 Å². The zero-order valence-corrected chi connectivity index (χ0v) is 8.99. The van der Waals surface area contributed by atoms with Crippen molar-refractivity contribution in [2.75, 3.05) is 19.8 Å². The molecule has 1 aliphatic rings. The molecule has 0 spiro atoms. The molecule has 0 aromatic heterocycles. The predicted molar refractivity (Wildman–Crippen MR) is 56.7 cm³/mol. The van der Waals surface area contributed by atoms with Gasteiger partial charge >= 0.3 is 0 Å². The molecule has 1 atom stereocenters. The van der Waals surface area contributed by atoms with E-state index in [1.807, 2.05) is 0 Å². The van der Waals surface area contributed by atoms with E-state index >= 15 is 0 Å². The Bertz CT molecular complexity index is 348. The molecule has 3 nitrogen and oxygen atoms in total. The summed E-state index contributed by atoms with van der Waals surface area (Å²) in [6.45, 7) is 1.64. The second-order valence-electron chi connectivity index (χ2n) is 3.93. The second-order valence-corrected chi connectivity index (χ2v) is 3.93. The Morgan fingerprint density at radius 1 is 1.50 bits per heavy atom. The van der Waals surface area contributed by atoms with Gasteiger partial charge in [0.15, 0.2) is 11.6 Å². The van der Waals surface area contributed by atoms with Crippen LogP contribution in [0.1, 0.15) is 12.0 Å². The molecule has 0 radical (unpaired) electrons. The fraction of sp³-hybridized carbons (Fsp3) is 0.500. The Morgan fingerprint density at radius 3 is 3.06 bits per heavy atom. The zero-order valence-electron chi connectivity index (χ0n) is 8.99. The van der Waals surface area contributed by atoms with Crippen molar-refractivity contribution in [3.05, 3.63) is 29.6 Å². The molecular formula is C12H15FO3. The Labute approximate surface area is 93.8 Å². The van der Waals surface area contributed by atoms with Gasteiger partial charge in [0.1, 0.15) is 0 Å². The third kappa shape index (κ3) is 2.51. The summed E-state index contributed by atoms with van der Waals surface area (Å²) < 4.78 is 24.1. The van der Waals surface area contributed by atoms with E-state index in [9.17, 15) is 4.39 Å². The van der Waals surface area contributed by atoms with Crippen molar-refractivity contribution in [1.82, 2.24) is 0 Å². The van der Waals surface area contributed by atoms with E-state index in [2.05, 4.69) is 0 Å². The minimum absolute atomic E-state index is 0.164. The van der Waals surface area contributed by atoms with Gasteiger partial charge in [-0.15, -0.1) is 0 Å². The van der Waals surface area contributed by atoms with Gasteiger partial charge in [-0.2, -0.15) is 0 Å². The van der Waals surface area contributed by atoms with Gasteiger partial charge in [-0.25, -0.2) is 4.39 Å². The molecule has 0 bridgehead atoms. The molecule has 1 N–H and O–H groups in total. The monoisotopic (exact) mass is 226 g/mol. The first kappa shape index (κ1) is 11.4. The third-order valence-corrected chi connectivity index (χ3v) is 2.71. The van der Waals surface area contributed by atoms with Crippen molar-refractivity contribution < 1.29 is 19.0 Å². The number of benzene rings is 1. The van der Waals surface area contributed by atoms with Crippen molar-refractivity contribution >= 4 is 0 Å². The molecule has 1 aromatic carbocycles. The van der Waals surface area contributed by atoms with E-state index in [0.29, 0.717) is 24.7 Å². The highest BCUT2D eigenvalue weighted by Gasteiger charge is 2.18. The molecule has 2 rings (SSSR count). The molecular weight excluding hydrogens is 211 g/mol. The molecule has 1 heterocycles. The standard InChI is InChI=1S/C12H15FO3/c13-11-3-1-2-10(6-14)12(11)16-8-9-4-5-15-7-9/h1-3,9,14H,4-8H2. The molecule has 1 aromatic rings. The first-order valence-electron chi connectivity index (χ1n) is 5.40. The van der Waals surface area contributed by atoms with Crippen LogP contribution < -0.4 is 4.74 Å². The Morgan fingerprint density at radius 2 is 2.38 bits per heavy atom. The SMILES string of the molecule is OCc1cccc(F)c1OCC1CCOC1. The molecule has 88 valence electrons. The van der Waals surface area contributed by atoms with Gasteiger partial charge in [-0.1, -0.05) is 12.1 Å². The van der Waals surface area contributed by atoms with Gasteiger partial charge in [-0.05, 0) is 12.5 Å². The van der Waals surface area contributed by atoms with E-state index < -0.39 is 5.82 Å². The van der Waals surface area contributed by atoms with Crippen LogP contribution in [0.4, 0.5) is 4.39 Å². The minimum Gasteiger partial charge on any atom is -0.490 e. The van der Waals surface area contributed by atoms with Gasteiger partial charge in [0.25, 0.3) is 0 Å². The highest BCUT2D eigenvalue weighted by molar-refractivity contribution is 5.34. The van der Waals surface area contributed by atoms with E-state index in [-0.39, 0.29) is 12.4 Å². The summed E-state index contributed by atoms with van der Waals surface area (Å²) in [7, 11) is 0. The lowest BCUT2D eigenvalue weighted by Gasteiger charge is -2.13. The second kappa shape index (κ2) is 5.27. The maximum Gasteiger partial charge on any atom is 0.165 e. The number of aliphatic hydroxyl groups excluding tert-OH is 1. The lowest BCUT2D eigenvalue weighted by atomic mass is 10.1. The summed E-state index contributed by atoms with van der Waals surface area (Å²) in [5, 5.41) is 9.06. The first-order chi connectivity index (χ1) is 7.81. The summed E-state index contributed by atoms with van der Waals surface area (Å²) in [5.74, 6) is 0.0634. The van der Waals surface area contributed by atoms with E-state index in [0.717, 1.165) is 13.0 Å². The minimum atomic E-state index is -0.425. The summed E-state index contributed by atoms with van der Waals surface area (Å²) in [4.78, 5) is 0. The van der Waals surface area contributed by atoms with Crippen LogP contribution in [0.5, 0.6) is 5.75 Å². The van der Waals surface area contributed by atoms with Crippen LogP contribution in [0.25, 0.3) is 0 Å². The van der Waals surface area contributed by atoms with Gasteiger partial charge in [0.05, 0.1) is 19.8 Å². The van der Waals surface area contributed by atoms with Crippen molar-refractivity contribution in [1.29, 1.82) is 0 Å². The molecule has 16 heavy (non-hydrogen) atoms. The van der Waals surface area contributed by atoms with Crippen LogP contribution >= 0.6 is 0 Å². The molecule has 4 heteroatoms. The maximum absolute atomic E-state index is 13.4. The maximum atomic E-state index is 13.4. The van der Waals surface area contributed by atoms with Crippen molar-refractivity contribution in [3.8, 4) is 5.75 Å². The van der Waals surface area contributed by atoms with E-state index in [1.54, 1.807) is 12.1 Å². The van der Waals surface area contributed by atoms with E-state index in [4.69, 9.17) is 14.6 Å². The van der Waals surface area contributed by atoms with Gasteiger partial charge < -0.3 is 14.6 Å². The number of hydrogen-bond acceptors (Lipinski definition) is 3. The lowest BCUT2D eigenvalue weighted by Crippen LogP contribution is -2.13. The Balaban J connectivity index is 2.01. The predicted octanol–water partition coefficient (Wildman–Crippen LogP) is 1.73. The molecule has 0 amide bonds. The van der Waals surface area contributed by atoms with Crippen LogP contribution in [-0.4, -0.2) is 24.9 Å². The van der Waals surface area contributed by atoms with Crippen molar-refractivity contribution in [3.63, 3.8) is 0 Å². The molecule has 1 saturated heterocycles. The highest BCUT2D eigenvalue weighted by atomic mass is 19.1. The Hall–Kier alpha value is -1.13. The van der Waals surface area contributed by atoms with Crippen LogP contribution in [0.2, 0.25) is 0 Å². The zero-order chi connectivity index (χ0) is 11.4. The molecule has 1 fully saturated rings. The molecule has 1 unspecified atom stereocenters. The average Bonchev–Trinajstić information content (AvgIpc) is 2.80. The Kier molecular flexibility index (Phi) is 3.74. The number of halogens is 1. The molecule has 1 aliphatic heterocycles. The number of rotatable bonds is 4. The summed E-state index contributed by atoms with van der Waals surface area (Å²) in [5.41, 5.74) is 0.485. The van der Waals surface area contributed by atoms with Crippen LogP contribution in [-0.2, 0) is 11.3 Å². The lowest BCUT2D eigenvalue weighted by molar-refractivity contribution is 0.164. The topological polar surface area (TPSA) is 38.7 Å². The number of ether oxygens (including phenoxy) is 2. The fourth-order valence-corrected chi connectivity index (χ4v) is 1.76. The summed E-state index contributed by atoms with van der Waals surface area (Å²) in [6, 6.07) is 4.55. The first-order valence-corrected chi connectivity index (χ1v) is 5.40.